The van der Waals surface area contributed by atoms with Crippen LogP contribution in [0.15, 0.2) is 66.1 Å². The van der Waals surface area contributed by atoms with Gasteiger partial charge in [0.1, 0.15) is 17.1 Å². The minimum atomic E-state index is -0.654. The molecular weight excluding hydrogens is 366 g/mol. The van der Waals surface area contributed by atoms with E-state index < -0.39 is 11.6 Å². The van der Waals surface area contributed by atoms with Gasteiger partial charge in [-0.25, -0.2) is 4.79 Å². The van der Waals surface area contributed by atoms with Gasteiger partial charge in [-0.15, -0.1) is 0 Å². The first kappa shape index (κ1) is 19.4. The lowest BCUT2D eigenvalue weighted by atomic mass is 9.84. The monoisotopic (exact) mass is 393 g/mol. The second-order valence-corrected chi connectivity index (χ2v) is 7.95. The van der Waals surface area contributed by atoms with Crippen molar-refractivity contribution in [1.82, 2.24) is 0 Å². The van der Waals surface area contributed by atoms with E-state index in [1.807, 2.05) is 54.3 Å². The predicted octanol–water partition coefficient (Wildman–Crippen LogP) is 4.72. The molecule has 2 N–H and O–H groups in total. The first-order valence-electron chi connectivity index (χ1n) is 10.3. The van der Waals surface area contributed by atoms with Crippen molar-refractivity contribution in [3.63, 3.8) is 0 Å². The van der Waals surface area contributed by atoms with Gasteiger partial charge < -0.3 is 19.8 Å². The van der Waals surface area contributed by atoms with Crippen molar-refractivity contribution in [2.45, 2.75) is 44.6 Å². The van der Waals surface area contributed by atoms with Crippen LogP contribution >= 0.6 is 0 Å². The average Bonchev–Trinajstić information content (AvgIpc) is 3.57. The van der Waals surface area contributed by atoms with Gasteiger partial charge in [0.15, 0.2) is 5.70 Å². The molecule has 5 nitrogen and oxygen atoms in total. The van der Waals surface area contributed by atoms with E-state index in [1.165, 1.54) is 0 Å². The molecule has 1 atom stereocenters. The third kappa shape index (κ3) is 3.95. The molecule has 2 aromatic rings. The zero-order chi connectivity index (χ0) is 20.4. The van der Waals surface area contributed by atoms with E-state index in [0.717, 1.165) is 30.5 Å². The Bertz CT molecular complexity index is 902. The Labute approximate surface area is 171 Å². The Morgan fingerprint density at radius 2 is 1.76 bits per heavy atom. The number of rotatable bonds is 7. The summed E-state index contributed by atoms with van der Waals surface area (Å²) in [6.45, 7) is 2.51. The van der Waals surface area contributed by atoms with Crippen LogP contribution in [0.25, 0.3) is 0 Å². The minimum absolute atomic E-state index is 0.115. The predicted molar refractivity (Wildman–Crippen MR) is 112 cm³/mol. The van der Waals surface area contributed by atoms with Crippen LogP contribution < -0.4 is 4.90 Å². The van der Waals surface area contributed by atoms with Crippen molar-refractivity contribution >= 4 is 11.7 Å². The molecule has 1 aliphatic carbocycles. The number of aryl methyl sites for hydroxylation is 1. The molecule has 1 heterocycles. The van der Waals surface area contributed by atoms with Gasteiger partial charge in [0.05, 0.1) is 0 Å². The van der Waals surface area contributed by atoms with E-state index in [0.29, 0.717) is 25.3 Å². The number of benzene rings is 2. The van der Waals surface area contributed by atoms with Crippen molar-refractivity contribution in [2.24, 2.45) is 5.92 Å². The number of para-hydroxylation sites is 1. The summed E-state index contributed by atoms with van der Waals surface area (Å²) in [6.07, 6.45) is 3.76. The molecule has 4 rings (SSSR count). The van der Waals surface area contributed by atoms with Crippen LogP contribution in [-0.4, -0.2) is 28.3 Å². The van der Waals surface area contributed by atoms with Crippen LogP contribution in [0.5, 0.6) is 5.75 Å². The van der Waals surface area contributed by atoms with Crippen molar-refractivity contribution in [1.29, 1.82) is 0 Å². The molecule has 0 amide bonds. The number of hydrogen-bond acceptors (Lipinski definition) is 5. The van der Waals surface area contributed by atoms with Crippen LogP contribution in [0.2, 0.25) is 0 Å². The van der Waals surface area contributed by atoms with E-state index in [2.05, 4.69) is 0 Å². The summed E-state index contributed by atoms with van der Waals surface area (Å²) < 4.78 is 6.08. The smallest absolute Gasteiger partial charge is 0.359 e. The van der Waals surface area contributed by atoms with Crippen LogP contribution in [0.1, 0.15) is 38.2 Å². The number of esters is 1. The number of cyclic esters (lactones) is 1. The number of ether oxygens (including phenoxy) is 1. The lowest BCUT2D eigenvalue weighted by Crippen LogP contribution is -2.46. The third-order valence-corrected chi connectivity index (χ3v) is 5.98. The number of aromatic hydroxyl groups is 1. The summed E-state index contributed by atoms with van der Waals surface area (Å²) >= 11 is 0. The van der Waals surface area contributed by atoms with Crippen LogP contribution in [-0.2, 0) is 16.0 Å². The van der Waals surface area contributed by atoms with Gasteiger partial charge in [-0.3, -0.25) is 0 Å². The van der Waals surface area contributed by atoms with Gasteiger partial charge in [-0.2, -0.15) is 0 Å². The average molecular weight is 393 g/mol. The second kappa shape index (κ2) is 7.82. The summed E-state index contributed by atoms with van der Waals surface area (Å²) in [4.78, 5) is 14.9. The Morgan fingerprint density at radius 1 is 1.07 bits per heavy atom. The second-order valence-electron chi connectivity index (χ2n) is 7.95. The Hall–Kier alpha value is -2.95. The molecule has 152 valence electrons. The molecule has 0 spiro atoms. The number of phenols is 1. The van der Waals surface area contributed by atoms with Gasteiger partial charge in [-0.1, -0.05) is 30.3 Å². The molecule has 0 radical (unpaired) electrons. The SMILES string of the molecule is CCN(C1=C(O)CC(CCc2ccc(O)cc2)(C2CC2)OC1=O)c1ccccc1. The van der Waals surface area contributed by atoms with Crippen molar-refractivity contribution in [2.75, 3.05) is 11.4 Å². The maximum absolute atomic E-state index is 13.1. The van der Waals surface area contributed by atoms with E-state index in [1.54, 1.807) is 12.1 Å². The number of aliphatic hydroxyl groups is 1. The van der Waals surface area contributed by atoms with Gasteiger partial charge in [-0.05, 0) is 68.4 Å². The van der Waals surface area contributed by atoms with E-state index in [9.17, 15) is 15.0 Å². The molecular formula is C24H27NO4. The summed E-state index contributed by atoms with van der Waals surface area (Å²) in [5.41, 5.74) is 1.53. The molecule has 0 saturated heterocycles. The van der Waals surface area contributed by atoms with Crippen LogP contribution in [0.3, 0.4) is 0 Å². The quantitative estimate of drug-likeness (QED) is 0.666. The molecule has 2 aromatic carbocycles. The summed E-state index contributed by atoms with van der Waals surface area (Å²) in [6, 6.07) is 16.7. The van der Waals surface area contributed by atoms with Crippen molar-refractivity contribution < 1.29 is 19.7 Å². The number of carbonyl (C=O) groups is 1. The van der Waals surface area contributed by atoms with E-state index >= 15 is 0 Å². The Morgan fingerprint density at radius 3 is 2.34 bits per heavy atom. The highest BCUT2D eigenvalue weighted by Crippen LogP contribution is 2.50. The minimum Gasteiger partial charge on any atom is -0.510 e. The highest BCUT2D eigenvalue weighted by atomic mass is 16.6. The summed E-state index contributed by atoms with van der Waals surface area (Å²) in [7, 11) is 0. The summed E-state index contributed by atoms with van der Waals surface area (Å²) in [5, 5.41) is 20.4. The fourth-order valence-electron chi connectivity index (χ4n) is 4.30. The summed E-state index contributed by atoms with van der Waals surface area (Å²) in [5.74, 6) is 0.196. The molecule has 0 bridgehead atoms. The standard InChI is InChI=1S/C24H27NO4/c1-2-25(19-6-4-3-5-7-19)22-21(27)16-24(18-10-11-18,29-23(22)28)15-14-17-8-12-20(26)13-9-17/h3-9,12-13,18,26-27H,2,10-11,14-16H2,1H3. The molecule has 1 fully saturated rings. The molecule has 1 saturated carbocycles. The van der Waals surface area contributed by atoms with Crippen LogP contribution in [0.4, 0.5) is 5.69 Å². The van der Waals surface area contributed by atoms with Crippen LogP contribution in [0, 0.1) is 5.92 Å². The largest absolute Gasteiger partial charge is 0.510 e. The fourth-order valence-corrected chi connectivity index (χ4v) is 4.30. The van der Waals surface area contributed by atoms with E-state index in [4.69, 9.17) is 4.74 Å². The number of carbonyl (C=O) groups excluding carboxylic acids is 1. The zero-order valence-electron chi connectivity index (χ0n) is 16.7. The van der Waals surface area contributed by atoms with Gasteiger partial charge in [0.2, 0.25) is 0 Å². The zero-order valence-corrected chi connectivity index (χ0v) is 16.7. The van der Waals surface area contributed by atoms with Gasteiger partial charge in [0, 0.05) is 18.7 Å². The molecule has 1 unspecified atom stereocenters. The highest BCUT2D eigenvalue weighted by molar-refractivity contribution is 5.94. The lowest BCUT2D eigenvalue weighted by molar-refractivity contribution is -0.162. The van der Waals surface area contributed by atoms with Crippen molar-refractivity contribution in [3.05, 3.63) is 71.6 Å². The highest BCUT2D eigenvalue weighted by Gasteiger charge is 2.52. The normalized spacial score (nSPS) is 21.8. The topological polar surface area (TPSA) is 70.0 Å². The lowest BCUT2D eigenvalue weighted by Gasteiger charge is -2.40. The maximum atomic E-state index is 13.1. The first-order valence-corrected chi connectivity index (χ1v) is 10.3. The molecule has 1 aliphatic heterocycles. The maximum Gasteiger partial charge on any atom is 0.359 e. The third-order valence-electron chi connectivity index (χ3n) is 5.98. The number of aliphatic hydroxyl groups excluding tert-OH is 1. The molecule has 0 aromatic heterocycles. The first-order chi connectivity index (χ1) is 14.0. The van der Waals surface area contributed by atoms with Gasteiger partial charge in [0.25, 0.3) is 0 Å². The molecule has 29 heavy (non-hydrogen) atoms. The Balaban J connectivity index is 1.59. The number of likely N-dealkylation sites (N-methyl/N-ethyl adjacent to an activating group) is 1. The number of nitrogens with zero attached hydrogens (tertiary/aromatic N) is 1. The number of phenolic OH excluding ortho intramolecular Hbond substituents is 1. The number of hydrogen-bond donors (Lipinski definition) is 2. The van der Waals surface area contributed by atoms with E-state index in [-0.39, 0.29) is 17.2 Å². The number of anilines is 1. The van der Waals surface area contributed by atoms with Crippen molar-refractivity contribution in [3.8, 4) is 5.75 Å². The van der Waals surface area contributed by atoms with Gasteiger partial charge >= 0.3 is 5.97 Å². The molecule has 5 heteroatoms. The fraction of sp³-hybridized carbons (Fsp3) is 0.375. The molecule has 2 aliphatic rings. The Kier molecular flexibility index (Phi) is 5.22.